The molecule has 2 aromatic rings. The fraction of sp³-hybridized carbons (Fsp3) is 0.235. The first kappa shape index (κ1) is 13.9. The molecular weight excluding hydrogens is 267 g/mol. The molecule has 0 saturated carbocycles. The van der Waals surface area contributed by atoms with Gasteiger partial charge < -0.3 is 5.32 Å². The number of likely N-dealkylation sites (N-methyl/N-ethyl adjacent to an activating group) is 1. The van der Waals surface area contributed by atoms with Gasteiger partial charge in [0.1, 0.15) is 5.82 Å². The highest BCUT2D eigenvalue weighted by Crippen LogP contribution is 2.33. The number of ketones is 1. The molecule has 3 unspecified atom stereocenters. The van der Waals surface area contributed by atoms with Crippen LogP contribution < -0.4 is 10.6 Å². The summed E-state index contributed by atoms with van der Waals surface area (Å²) in [6, 6.07) is 15.5. The van der Waals surface area contributed by atoms with Crippen LogP contribution in [0.5, 0.6) is 0 Å². The van der Waals surface area contributed by atoms with E-state index in [9.17, 15) is 9.18 Å². The highest BCUT2D eigenvalue weighted by molar-refractivity contribution is 5.94. The molecule has 1 fully saturated rings. The largest absolute Gasteiger partial charge is 0.304 e. The Morgan fingerprint density at radius 1 is 1.05 bits per heavy atom. The molecule has 0 spiro atoms. The van der Waals surface area contributed by atoms with Crippen LogP contribution in [0.25, 0.3) is 0 Å². The van der Waals surface area contributed by atoms with Crippen molar-refractivity contribution in [1.29, 1.82) is 0 Å². The molecule has 2 aromatic carbocycles. The minimum Gasteiger partial charge on any atom is -0.304 e. The summed E-state index contributed by atoms with van der Waals surface area (Å²) in [6.45, 7) is 0. The molecule has 108 valence electrons. The fourth-order valence-corrected chi connectivity index (χ4v) is 2.91. The van der Waals surface area contributed by atoms with Gasteiger partial charge in [0.2, 0.25) is 0 Å². The van der Waals surface area contributed by atoms with E-state index in [0.717, 1.165) is 5.56 Å². The van der Waals surface area contributed by atoms with E-state index in [1.54, 1.807) is 19.2 Å². The van der Waals surface area contributed by atoms with Crippen molar-refractivity contribution in [2.75, 3.05) is 7.05 Å². The maximum absolute atomic E-state index is 13.4. The first-order chi connectivity index (χ1) is 10.2. The first-order valence-corrected chi connectivity index (χ1v) is 6.98. The van der Waals surface area contributed by atoms with Crippen LogP contribution in [0.15, 0.2) is 54.6 Å². The van der Waals surface area contributed by atoms with E-state index in [-0.39, 0.29) is 23.8 Å². The maximum Gasteiger partial charge on any atom is 0.164 e. The van der Waals surface area contributed by atoms with Gasteiger partial charge in [-0.15, -0.1) is 0 Å². The summed E-state index contributed by atoms with van der Waals surface area (Å²) in [5.41, 5.74) is 1.63. The standard InChI is InChI=1S/C17H17FN2O/c1-19-17-14(12-8-5-9-13(18)10-12)16(21)15(20-17)11-6-3-2-4-7-11/h2-10,14-15,17,19-20H,1H3. The first-order valence-electron chi connectivity index (χ1n) is 6.98. The second kappa shape index (κ2) is 5.76. The molecule has 4 heteroatoms. The van der Waals surface area contributed by atoms with Crippen LogP contribution in [0, 0.1) is 5.82 Å². The zero-order valence-electron chi connectivity index (χ0n) is 11.7. The normalized spacial score (nSPS) is 25.2. The number of hydrogen-bond donors (Lipinski definition) is 2. The Morgan fingerprint density at radius 2 is 1.76 bits per heavy atom. The summed E-state index contributed by atoms with van der Waals surface area (Å²) in [6.07, 6.45) is -0.204. The smallest absolute Gasteiger partial charge is 0.164 e. The average molecular weight is 284 g/mol. The van der Waals surface area contributed by atoms with Crippen LogP contribution in [0.2, 0.25) is 0 Å². The van der Waals surface area contributed by atoms with Gasteiger partial charge in [-0.3, -0.25) is 10.1 Å². The lowest BCUT2D eigenvalue weighted by Crippen LogP contribution is -2.39. The van der Waals surface area contributed by atoms with Crippen molar-refractivity contribution < 1.29 is 9.18 Å². The van der Waals surface area contributed by atoms with Crippen LogP contribution in [0.1, 0.15) is 23.1 Å². The van der Waals surface area contributed by atoms with Crippen molar-refractivity contribution in [3.63, 3.8) is 0 Å². The predicted octanol–water partition coefficient (Wildman–Crippen LogP) is 2.37. The molecule has 2 N–H and O–H groups in total. The van der Waals surface area contributed by atoms with Crippen molar-refractivity contribution in [2.45, 2.75) is 18.1 Å². The minimum atomic E-state index is -0.393. The van der Waals surface area contributed by atoms with Gasteiger partial charge in [0.05, 0.1) is 18.1 Å². The molecule has 1 saturated heterocycles. The lowest BCUT2D eigenvalue weighted by molar-refractivity contribution is -0.120. The number of carbonyl (C=O) groups is 1. The monoisotopic (exact) mass is 284 g/mol. The molecule has 21 heavy (non-hydrogen) atoms. The third-order valence-corrected chi connectivity index (χ3v) is 3.92. The Bertz CT molecular complexity index is 644. The second-order valence-corrected chi connectivity index (χ2v) is 5.21. The van der Waals surface area contributed by atoms with Crippen LogP contribution in [0.4, 0.5) is 4.39 Å². The third-order valence-electron chi connectivity index (χ3n) is 3.92. The highest BCUT2D eigenvalue weighted by atomic mass is 19.1. The van der Waals surface area contributed by atoms with Crippen molar-refractivity contribution >= 4 is 5.78 Å². The molecule has 0 radical (unpaired) electrons. The van der Waals surface area contributed by atoms with Gasteiger partial charge in [0.15, 0.2) is 5.78 Å². The van der Waals surface area contributed by atoms with Gasteiger partial charge in [-0.25, -0.2) is 4.39 Å². The lowest BCUT2D eigenvalue weighted by Gasteiger charge is -2.17. The topological polar surface area (TPSA) is 41.1 Å². The fourth-order valence-electron chi connectivity index (χ4n) is 2.91. The third kappa shape index (κ3) is 2.60. The molecule has 1 heterocycles. The molecule has 0 amide bonds. The Balaban J connectivity index is 1.96. The molecule has 1 aliphatic heterocycles. The molecule has 0 bridgehead atoms. The van der Waals surface area contributed by atoms with E-state index in [1.807, 2.05) is 30.3 Å². The van der Waals surface area contributed by atoms with Gasteiger partial charge in [-0.2, -0.15) is 0 Å². The summed E-state index contributed by atoms with van der Waals surface area (Å²) >= 11 is 0. The highest BCUT2D eigenvalue weighted by Gasteiger charge is 2.42. The molecule has 0 aromatic heterocycles. The number of rotatable bonds is 3. The van der Waals surface area contributed by atoms with Crippen molar-refractivity contribution in [1.82, 2.24) is 10.6 Å². The van der Waals surface area contributed by atoms with Crippen LogP contribution in [0.3, 0.4) is 0 Å². The number of halogens is 1. The Morgan fingerprint density at radius 3 is 2.43 bits per heavy atom. The van der Waals surface area contributed by atoms with Gasteiger partial charge in [0, 0.05) is 0 Å². The zero-order valence-corrected chi connectivity index (χ0v) is 11.7. The lowest BCUT2D eigenvalue weighted by atomic mass is 9.91. The van der Waals surface area contributed by atoms with Crippen LogP contribution >= 0.6 is 0 Å². The summed E-state index contributed by atoms with van der Waals surface area (Å²) in [7, 11) is 1.80. The van der Waals surface area contributed by atoms with Crippen molar-refractivity contribution in [3.8, 4) is 0 Å². The number of nitrogens with one attached hydrogen (secondary N) is 2. The Labute approximate surface area is 123 Å². The number of Topliss-reactive ketones (excluding diaryl/α,β-unsaturated/α-hetero) is 1. The van der Waals surface area contributed by atoms with E-state index < -0.39 is 5.92 Å². The summed E-state index contributed by atoms with van der Waals surface area (Å²) in [4.78, 5) is 12.8. The van der Waals surface area contributed by atoms with Crippen LogP contribution in [-0.4, -0.2) is 19.0 Å². The molecule has 3 rings (SSSR count). The van der Waals surface area contributed by atoms with E-state index >= 15 is 0 Å². The Kier molecular flexibility index (Phi) is 3.82. The molecular formula is C17H17FN2O. The van der Waals surface area contributed by atoms with Crippen molar-refractivity contribution in [3.05, 3.63) is 71.5 Å². The van der Waals surface area contributed by atoms with E-state index in [0.29, 0.717) is 5.56 Å². The number of hydrogen-bond acceptors (Lipinski definition) is 3. The predicted molar refractivity (Wildman–Crippen MR) is 79.3 cm³/mol. The van der Waals surface area contributed by atoms with E-state index in [2.05, 4.69) is 10.6 Å². The molecule has 3 nitrogen and oxygen atoms in total. The van der Waals surface area contributed by atoms with Crippen LogP contribution in [-0.2, 0) is 4.79 Å². The molecule has 3 atom stereocenters. The zero-order chi connectivity index (χ0) is 14.8. The summed E-state index contributed by atoms with van der Waals surface area (Å²) < 4.78 is 13.4. The quantitative estimate of drug-likeness (QED) is 0.909. The Hall–Kier alpha value is -2.04. The van der Waals surface area contributed by atoms with Gasteiger partial charge >= 0.3 is 0 Å². The van der Waals surface area contributed by atoms with Crippen molar-refractivity contribution in [2.24, 2.45) is 0 Å². The van der Waals surface area contributed by atoms with E-state index in [4.69, 9.17) is 0 Å². The molecule has 1 aliphatic rings. The minimum absolute atomic E-state index is 0.0613. The number of benzene rings is 2. The number of carbonyl (C=O) groups excluding carboxylic acids is 1. The van der Waals surface area contributed by atoms with Gasteiger partial charge in [0.25, 0.3) is 0 Å². The SMILES string of the molecule is CNC1NC(c2ccccc2)C(=O)C1c1cccc(F)c1. The summed E-state index contributed by atoms with van der Waals surface area (Å²) in [5, 5.41) is 6.40. The maximum atomic E-state index is 13.4. The summed E-state index contributed by atoms with van der Waals surface area (Å²) in [5.74, 6) is -0.652. The molecule has 0 aliphatic carbocycles. The van der Waals surface area contributed by atoms with Gasteiger partial charge in [-0.05, 0) is 30.3 Å². The average Bonchev–Trinajstić information content (AvgIpc) is 2.85. The van der Waals surface area contributed by atoms with Gasteiger partial charge in [-0.1, -0.05) is 42.5 Å². The second-order valence-electron chi connectivity index (χ2n) is 5.21. The van der Waals surface area contributed by atoms with E-state index in [1.165, 1.54) is 12.1 Å².